The van der Waals surface area contributed by atoms with E-state index in [-0.39, 0.29) is 13.0 Å². The second kappa shape index (κ2) is 8.31. The lowest BCUT2D eigenvalue weighted by Gasteiger charge is -2.19. The van der Waals surface area contributed by atoms with Crippen molar-refractivity contribution in [2.45, 2.75) is 37.7 Å². The standard InChI is InChI=1S/C21H21ClO6/c1-13-3-7-15(8-4-13)19(23)26-12-18-17(11-21(22,25)28-18)27-20(24)16-9-5-14(2)6-10-16/h3-10,17-18,25H,11-12H2,1-2H3/t17-,18+,21-/m1/s1. The van der Waals surface area contributed by atoms with Gasteiger partial charge in [0.15, 0.2) is 0 Å². The van der Waals surface area contributed by atoms with Gasteiger partial charge < -0.3 is 19.3 Å². The number of ether oxygens (including phenoxy) is 3. The molecule has 2 aromatic carbocycles. The molecule has 0 aliphatic carbocycles. The molecular weight excluding hydrogens is 384 g/mol. The molecule has 1 aliphatic heterocycles. The highest BCUT2D eigenvalue weighted by molar-refractivity contribution is 6.21. The lowest BCUT2D eigenvalue weighted by atomic mass is 10.1. The fourth-order valence-corrected chi connectivity index (χ4v) is 3.09. The molecule has 3 atom stereocenters. The van der Waals surface area contributed by atoms with E-state index in [2.05, 4.69) is 0 Å². The second-order valence-corrected chi connectivity index (χ2v) is 7.41. The van der Waals surface area contributed by atoms with E-state index in [9.17, 15) is 14.7 Å². The number of halogens is 1. The lowest BCUT2D eigenvalue weighted by molar-refractivity contribution is -0.140. The van der Waals surface area contributed by atoms with Crippen LogP contribution >= 0.6 is 11.6 Å². The first-order valence-corrected chi connectivity index (χ1v) is 9.22. The fourth-order valence-electron chi connectivity index (χ4n) is 2.82. The van der Waals surface area contributed by atoms with Crippen LogP contribution in [0, 0.1) is 13.8 Å². The number of benzene rings is 2. The van der Waals surface area contributed by atoms with Gasteiger partial charge in [0.2, 0.25) is 5.25 Å². The molecule has 1 fully saturated rings. The average Bonchev–Trinajstić information content (AvgIpc) is 2.94. The summed E-state index contributed by atoms with van der Waals surface area (Å²) in [6.07, 6.45) is -1.88. The van der Waals surface area contributed by atoms with Crippen molar-refractivity contribution in [3.63, 3.8) is 0 Å². The Morgan fingerprint density at radius 2 is 1.54 bits per heavy atom. The molecule has 0 radical (unpaired) electrons. The van der Waals surface area contributed by atoms with E-state index in [0.717, 1.165) is 11.1 Å². The molecule has 0 unspecified atom stereocenters. The number of rotatable bonds is 5. The average molecular weight is 405 g/mol. The van der Waals surface area contributed by atoms with Crippen LogP contribution in [0.25, 0.3) is 0 Å². The molecule has 0 saturated carbocycles. The molecule has 1 heterocycles. The van der Waals surface area contributed by atoms with E-state index < -0.39 is 29.4 Å². The molecule has 2 aromatic rings. The van der Waals surface area contributed by atoms with Crippen LogP contribution in [0.15, 0.2) is 48.5 Å². The van der Waals surface area contributed by atoms with Gasteiger partial charge >= 0.3 is 11.9 Å². The third kappa shape index (κ3) is 5.10. The number of alkyl halides is 1. The normalized spacial score (nSPS) is 24.0. The number of carbonyl (C=O) groups is 2. The minimum Gasteiger partial charge on any atom is -0.459 e. The molecule has 1 N–H and O–H groups in total. The maximum Gasteiger partial charge on any atom is 0.338 e. The number of esters is 2. The highest BCUT2D eigenvalue weighted by Gasteiger charge is 2.47. The molecule has 148 valence electrons. The molecule has 1 saturated heterocycles. The molecule has 1 aliphatic rings. The van der Waals surface area contributed by atoms with Crippen molar-refractivity contribution in [1.29, 1.82) is 0 Å². The van der Waals surface area contributed by atoms with Crippen LogP contribution in [0.1, 0.15) is 38.3 Å². The van der Waals surface area contributed by atoms with Crippen molar-refractivity contribution in [2.75, 3.05) is 6.61 Å². The van der Waals surface area contributed by atoms with E-state index >= 15 is 0 Å². The summed E-state index contributed by atoms with van der Waals surface area (Å²) in [7, 11) is 0. The Morgan fingerprint density at radius 1 is 1.04 bits per heavy atom. The summed E-state index contributed by atoms with van der Waals surface area (Å²) in [5, 5.41) is 7.99. The summed E-state index contributed by atoms with van der Waals surface area (Å²) in [6.45, 7) is 3.61. The molecule has 0 amide bonds. The Balaban J connectivity index is 1.63. The van der Waals surface area contributed by atoms with E-state index in [1.165, 1.54) is 0 Å². The van der Waals surface area contributed by atoms with Crippen molar-refractivity contribution >= 4 is 23.5 Å². The molecule has 0 aromatic heterocycles. The van der Waals surface area contributed by atoms with Crippen LogP contribution in [-0.2, 0) is 14.2 Å². The fraction of sp³-hybridized carbons (Fsp3) is 0.333. The summed E-state index contributed by atoms with van der Waals surface area (Å²) in [5.74, 6) is -1.12. The minimum atomic E-state index is -1.99. The maximum atomic E-state index is 12.3. The molecule has 3 rings (SSSR count). The number of hydrogen-bond donors (Lipinski definition) is 1. The van der Waals surface area contributed by atoms with Gasteiger partial charge in [-0.2, -0.15) is 0 Å². The van der Waals surface area contributed by atoms with Crippen molar-refractivity contribution in [3.05, 3.63) is 70.8 Å². The van der Waals surface area contributed by atoms with Crippen molar-refractivity contribution < 1.29 is 28.9 Å². The Labute approximate surface area is 168 Å². The largest absolute Gasteiger partial charge is 0.459 e. The van der Waals surface area contributed by atoms with Crippen LogP contribution in [-0.4, -0.2) is 41.1 Å². The summed E-state index contributed by atoms with van der Waals surface area (Å²) in [5.41, 5.74) is 2.78. The quantitative estimate of drug-likeness (QED) is 0.607. The van der Waals surface area contributed by atoms with E-state index in [1.807, 2.05) is 13.8 Å². The maximum absolute atomic E-state index is 12.3. The van der Waals surface area contributed by atoms with Gasteiger partial charge in [0.25, 0.3) is 0 Å². The third-order valence-electron chi connectivity index (χ3n) is 4.41. The summed E-state index contributed by atoms with van der Waals surface area (Å²) >= 11 is 5.86. The van der Waals surface area contributed by atoms with Crippen LogP contribution in [0.3, 0.4) is 0 Å². The van der Waals surface area contributed by atoms with Crippen LogP contribution in [0.5, 0.6) is 0 Å². The number of aliphatic hydroxyl groups is 1. The van der Waals surface area contributed by atoms with Gasteiger partial charge in [-0.05, 0) is 38.1 Å². The molecule has 28 heavy (non-hydrogen) atoms. The van der Waals surface area contributed by atoms with E-state index in [0.29, 0.717) is 11.1 Å². The van der Waals surface area contributed by atoms with E-state index in [4.69, 9.17) is 25.8 Å². The van der Waals surface area contributed by atoms with Gasteiger partial charge in [0.1, 0.15) is 18.8 Å². The summed E-state index contributed by atoms with van der Waals surface area (Å²) in [4.78, 5) is 24.5. The Kier molecular flexibility index (Phi) is 6.03. The summed E-state index contributed by atoms with van der Waals surface area (Å²) < 4.78 is 16.0. The Bertz CT molecular complexity index is 844. The monoisotopic (exact) mass is 404 g/mol. The van der Waals surface area contributed by atoms with Gasteiger partial charge in [-0.15, -0.1) is 0 Å². The van der Waals surface area contributed by atoms with Crippen LogP contribution < -0.4 is 0 Å². The Morgan fingerprint density at radius 3 is 2.07 bits per heavy atom. The van der Waals surface area contributed by atoms with E-state index in [1.54, 1.807) is 48.5 Å². The van der Waals surface area contributed by atoms with Crippen molar-refractivity contribution in [3.8, 4) is 0 Å². The number of hydrogen-bond acceptors (Lipinski definition) is 6. The van der Waals surface area contributed by atoms with Gasteiger partial charge in [-0.3, -0.25) is 0 Å². The zero-order chi connectivity index (χ0) is 20.3. The molecule has 0 bridgehead atoms. The van der Waals surface area contributed by atoms with Crippen LogP contribution in [0.2, 0.25) is 0 Å². The highest BCUT2D eigenvalue weighted by Crippen LogP contribution is 2.34. The minimum absolute atomic E-state index is 0.140. The first kappa shape index (κ1) is 20.3. The number of carbonyl (C=O) groups excluding carboxylic acids is 2. The first-order chi connectivity index (χ1) is 13.2. The zero-order valence-electron chi connectivity index (χ0n) is 15.6. The molecular formula is C21H21ClO6. The SMILES string of the molecule is Cc1ccc(C(=O)OC[C@@H]2O[C@@](O)(Cl)C[C@H]2OC(=O)c2ccc(C)cc2)cc1. The molecule has 6 nitrogen and oxygen atoms in total. The van der Waals surface area contributed by atoms with Gasteiger partial charge in [0.05, 0.1) is 17.5 Å². The molecule has 0 spiro atoms. The first-order valence-electron chi connectivity index (χ1n) is 8.84. The summed E-state index contributed by atoms with van der Waals surface area (Å²) in [6, 6.07) is 13.8. The number of aryl methyl sites for hydroxylation is 2. The van der Waals surface area contributed by atoms with Crippen molar-refractivity contribution in [1.82, 2.24) is 0 Å². The third-order valence-corrected chi connectivity index (χ3v) is 4.65. The van der Waals surface area contributed by atoms with Gasteiger partial charge in [0, 0.05) is 0 Å². The lowest BCUT2D eigenvalue weighted by Crippen LogP contribution is -2.32. The highest BCUT2D eigenvalue weighted by atomic mass is 35.5. The second-order valence-electron chi connectivity index (χ2n) is 6.82. The zero-order valence-corrected chi connectivity index (χ0v) is 16.3. The topological polar surface area (TPSA) is 82.1 Å². The Hall–Kier alpha value is -2.41. The van der Waals surface area contributed by atoms with Crippen LogP contribution in [0.4, 0.5) is 0 Å². The smallest absolute Gasteiger partial charge is 0.338 e. The van der Waals surface area contributed by atoms with Crippen molar-refractivity contribution in [2.24, 2.45) is 0 Å². The predicted molar refractivity (Wildman–Crippen MR) is 102 cm³/mol. The predicted octanol–water partition coefficient (Wildman–Crippen LogP) is 3.36. The molecule has 7 heteroatoms. The van der Waals surface area contributed by atoms with Gasteiger partial charge in [-0.1, -0.05) is 47.0 Å². The van der Waals surface area contributed by atoms with Gasteiger partial charge in [-0.25, -0.2) is 9.59 Å².